The van der Waals surface area contributed by atoms with E-state index in [2.05, 4.69) is 4.90 Å². The zero-order chi connectivity index (χ0) is 15.7. The van der Waals surface area contributed by atoms with E-state index in [0.29, 0.717) is 32.8 Å². The van der Waals surface area contributed by atoms with Gasteiger partial charge in [-0.25, -0.2) is 9.18 Å². The number of morpholine rings is 1. The van der Waals surface area contributed by atoms with Crippen molar-refractivity contribution in [1.82, 2.24) is 9.80 Å². The van der Waals surface area contributed by atoms with Crippen LogP contribution in [0, 0.1) is 17.1 Å². The number of benzene rings is 1. The van der Waals surface area contributed by atoms with E-state index < -0.39 is 11.9 Å². The van der Waals surface area contributed by atoms with E-state index in [1.807, 2.05) is 6.07 Å². The van der Waals surface area contributed by atoms with Crippen LogP contribution in [-0.4, -0.2) is 59.8 Å². The quantitative estimate of drug-likeness (QED) is 0.849. The predicted molar refractivity (Wildman–Crippen MR) is 74.8 cm³/mol. The SMILES string of the molecule is N#Cc1cc([C@@H]2CN3CCN(C(=O)O)C[C@@H]3CO2)ccc1F. The van der Waals surface area contributed by atoms with Crippen molar-refractivity contribution in [3.8, 4) is 6.07 Å². The molecule has 2 fully saturated rings. The molecule has 1 aromatic carbocycles. The summed E-state index contributed by atoms with van der Waals surface area (Å²) in [5.41, 5.74) is 0.788. The van der Waals surface area contributed by atoms with Gasteiger partial charge in [0.25, 0.3) is 0 Å². The molecule has 116 valence electrons. The van der Waals surface area contributed by atoms with Crippen molar-refractivity contribution in [2.75, 3.05) is 32.8 Å². The number of halogens is 1. The molecule has 0 aromatic heterocycles. The number of hydrogen-bond acceptors (Lipinski definition) is 4. The Morgan fingerprint density at radius 2 is 2.23 bits per heavy atom. The van der Waals surface area contributed by atoms with Crippen LogP contribution in [0.1, 0.15) is 17.2 Å². The highest BCUT2D eigenvalue weighted by atomic mass is 19.1. The van der Waals surface area contributed by atoms with Gasteiger partial charge in [-0.05, 0) is 17.7 Å². The number of piperazine rings is 1. The third kappa shape index (κ3) is 2.75. The van der Waals surface area contributed by atoms with Gasteiger partial charge >= 0.3 is 6.09 Å². The van der Waals surface area contributed by atoms with E-state index in [0.717, 1.165) is 5.56 Å². The molecule has 2 saturated heterocycles. The summed E-state index contributed by atoms with van der Waals surface area (Å²) in [6, 6.07) is 6.32. The first-order valence-electron chi connectivity index (χ1n) is 7.11. The third-order valence-corrected chi connectivity index (χ3v) is 4.25. The molecule has 0 unspecified atom stereocenters. The molecule has 6 nitrogen and oxygen atoms in total. The zero-order valence-corrected chi connectivity index (χ0v) is 11.9. The molecular weight excluding hydrogens is 289 g/mol. The highest BCUT2D eigenvalue weighted by Gasteiger charge is 2.35. The lowest BCUT2D eigenvalue weighted by Gasteiger charge is -2.45. The number of hydrogen-bond donors (Lipinski definition) is 1. The average Bonchev–Trinajstić information content (AvgIpc) is 2.54. The van der Waals surface area contributed by atoms with Crippen molar-refractivity contribution >= 4 is 6.09 Å². The van der Waals surface area contributed by atoms with E-state index in [1.54, 1.807) is 6.07 Å². The molecule has 1 aromatic rings. The first-order chi connectivity index (χ1) is 10.6. The Hall–Kier alpha value is -2.17. The Morgan fingerprint density at radius 1 is 1.41 bits per heavy atom. The summed E-state index contributed by atoms with van der Waals surface area (Å²) in [5.74, 6) is -0.532. The van der Waals surface area contributed by atoms with Gasteiger partial charge in [-0.3, -0.25) is 4.90 Å². The molecular formula is C15H16FN3O3. The van der Waals surface area contributed by atoms with Crippen LogP contribution in [0.2, 0.25) is 0 Å². The standard InChI is InChI=1S/C15H16FN3O3/c16-13-2-1-10(5-11(13)6-17)14-8-18-3-4-19(15(20)21)7-12(18)9-22-14/h1-2,5,12,14H,3-4,7-9H2,(H,20,21)/t12-,14+/m1/s1. The number of carbonyl (C=O) groups is 1. The van der Waals surface area contributed by atoms with Crippen molar-refractivity contribution in [2.24, 2.45) is 0 Å². The monoisotopic (exact) mass is 305 g/mol. The lowest BCUT2D eigenvalue weighted by Crippen LogP contribution is -2.59. The first-order valence-corrected chi connectivity index (χ1v) is 7.11. The summed E-state index contributed by atoms with van der Waals surface area (Å²) >= 11 is 0. The molecule has 0 aliphatic carbocycles. The summed E-state index contributed by atoms with van der Waals surface area (Å²) in [4.78, 5) is 14.6. The number of nitriles is 1. The molecule has 0 bridgehead atoms. The third-order valence-electron chi connectivity index (χ3n) is 4.25. The Bertz CT molecular complexity index is 631. The van der Waals surface area contributed by atoms with Crippen molar-refractivity contribution < 1.29 is 19.0 Å². The van der Waals surface area contributed by atoms with E-state index in [9.17, 15) is 9.18 Å². The van der Waals surface area contributed by atoms with Gasteiger partial charge in [0.2, 0.25) is 0 Å². The highest BCUT2D eigenvalue weighted by Crippen LogP contribution is 2.28. The topological polar surface area (TPSA) is 76.8 Å². The summed E-state index contributed by atoms with van der Waals surface area (Å²) in [5, 5.41) is 18.0. The van der Waals surface area contributed by atoms with Crippen LogP contribution in [0.5, 0.6) is 0 Å². The van der Waals surface area contributed by atoms with Crippen LogP contribution in [0.15, 0.2) is 18.2 Å². The van der Waals surface area contributed by atoms with E-state index >= 15 is 0 Å². The molecule has 1 N–H and O–H groups in total. The highest BCUT2D eigenvalue weighted by molar-refractivity contribution is 5.65. The van der Waals surface area contributed by atoms with Gasteiger partial charge in [-0.15, -0.1) is 0 Å². The predicted octanol–water partition coefficient (Wildman–Crippen LogP) is 1.43. The summed E-state index contributed by atoms with van der Waals surface area (Å²) in [6.07, 6.45) is -1.13. The second kappa shape index (κ2) is 5.91. The second-order valence-corrected chi connectivity index (χ2v) is 5.55. The van der Waals surface area contributed by atoms with Crippen LogP contribution in [0.25, 0.3) is 0 Å². The van der Waals surface area contributed by atoms with Crippen LogP contribution in [-0.2, 0) is 4.74 Å². The molecule has 22 heavy (non-hydrogen) atoms. The van der Waals surface area contributed by atoms with Crippen LogP contribution in [0.3, 0.4) is 0 Å². The Labute approximate surface area is 127 Å². The van der Waals surface area contributed by atoms with Gasteiger partial charge in [-0.2, -0.15) is 5.26 Å². The van der Waals surface area contributed by atoms with E-state index in [-0.39, 0.29) is 17.7 Å². The number of fused-ring (bicyclic) bond motifs is 1. The second-order valence-electron chi connectivity index (χ2n) is 5.55. The molecule has 2 heterocycles. The fraction of sp³-hybridized carbons (Fsp3) is 0.467. The minimum atomic E-state index is -0.904. The number of ether oxygens (including phenoxy) is 1. The molecule has 3 rings (SSSR count). The fourth-order valence-corrected chi connectivity index (χ4v) is 2.99. The maximum atomic E-state index is 13.4. The lowest BCUT2D eigenvalue weighted by molar-refractivity contribution is -0.0866. The van der Waals surface area contributed by atoms with Crippen LogP contribution >= 0.6 is 0 Å². The normalized spacial score (nSPS) is 25.4. The summed E-state index contributed by atoms with van der Waals surface area (Å²) in [6.45, 7) is 2.62. The molecule has 7 heteroatoms. The van der Waals surface area contributed by atoms with Crippen molar-refractivity contribution in [2.45, 2.75) is 12.1 Å². The number of carboxylic acid groups (broad SMARTS) is 1. The number of nitrogens with zero attached hydrogens (tertiary/aromatic N) is 3. The molecule has 2 aliphatic rings. The van der Waals surface area contributed by atoms with Gasteiger partial charge in [0.15, 0.2) is 0 Å². The summed E-state index contributed by atoms with van der Waals surface area (Å²) in [7, 11) is 0. The van der Waals surface area contributed by atoms with Gasteiger partial charge < -0.3 is 14.7 Å². The minimum absolute atomic E-state index is 0.0129. The van der Waals surface area contributed by atoms with Crippen molar-refractivity contribution in [3.05, 3.63) is 35.1 Å². The largest absolute Gasteiger partial charge is 0.465 e. The summed E-state index contributed by atoms with van der Waals surface area (Å²) < 4.78 is 19.2. The smallest absolute Gasteiger partial charge is 0.407 e. The Balaban J connectivity index is 1.71. The van der Waals surface area contributed by atoms with E-state index in [1.165, 1.54) is 17.0 Å². The fourth-order valence-electron chi connectivity index (χ4n) is 2.99. The Kier molecular flexibility index (Phi) is 3.96. The van der Waals surface area contributed by atoms with Crippen LogP contribution < -0.4 is 0 Å². The minimum Gasteiger partial charge on any atom is -0.465 e. The molecule has 1 amide bonds. The zero-order valence-electron chi connectivity index (χ0n) is 11.9. The Morgan fingerprint density at radius 3 is 2.95 bits per heavy atom. The van der Waals surface area contributed by atoms with E-state index in [4.69, 9.17) is 15.1 Å². The molecule has 2 aliphatic heterocycles. The van der Waals surface area contributed by atoms with Gasteiger partial charge in [-0.1, -0.05) is 6.07 Å². The lowest BCUT2D eigenvalue weighted by atomic mass is 10.0. The van der Waals surface area contributed by atoms with Gasteiger partial charge in [0, 0.05) is 26.2 Å². The molecule has 0 spiro atoms. The van der Waals surface area contributed by atoms with Crippen molar-refractivity contribution in [3.63, 3.8) is 0 Å². The number of amides is 1. The van der Waals surface area contributed by atoms with Crippen LogP contribution in [0.4, 0.5) is 9.18 Å². The molecule has 0 radical (unpaired) electrons. The van der Waals surface area contributed by atoms with Crippen molar-refractivity contribution in [1.29, 1.82) is 5.26 Å². The maximum absolute atomic E-state index is 13.4. The van der Waals surface area contributed by atoms with Gasteiger partial charge in [0.1, 0.15) is 11.9 Å². The van der Waals surface area contributed by atoms with Gasteiger partial charge in [0.05, 0.1) is 24.3 Å². The first kappa shape index (κ1) is 14.8. The molecule has 0 saturated carbocycles. The average molecular weight is 305 g/mol. The maximum Gasteiger partial charge on any atom is 0.407 e. The number of rotatable bonds is 1. The molecule has 2 atom stereocenters.